The highest BCUT2D eigenvalue weighted by Gasteiger charge is 2.15. The summed E-state index contributed by atoms with van der Waals surface area (Å²) in [4.78, 5) is 6.99. The molecule has 0 fully saturated rings. The van der Waals surface area contributed by atoms with Gasteiger partial charge in [-0.05, 0) is 25.7 Å². The lowest BCUT2D eigenvalue weighted by molar-refractivity contribution is 0.277. The molecule has 1 aliphatic carbocycles. The zero-order valence-electron chi connectivity index (χ0n) is 9.28. The Hall–Kier alpha value is -0.870. The number of nitrogens with zero attached hydrogens (tertiary/aromatic N) is 2. The van der Waals surface area contributed by atoms with Crippen molar-refractivity contribution in [1.29, 1.82) is 0 Å². The van der Waals surface area contributed by atoms with Gasteiger partial charge in [-0.25, -0.2) is 4.98 Å². The van der Waals surface area contributed by atoms with Crippen molar-refractivity contribution < 1.29 is 5.11 Å². The molecule has 0 spiro atoms. The second kappa shape index (κ2) is 4.18. The van der Waals surface area contributed by atoms with Crippen LogP contribution in [0.3, 0.4) is 0 Å². The van der Waals surface area contributed by atoms with Gasteiger partial charge < -0.3 is 5.11 Å². The molecular formula is C12H16N2OS. The average molecular weight is 236 g/mol. The van der Waals surface area contributed by atoms with Crippen LogP contribution in [0.4, 0.5) is 0 Å². The second-order valence-corrected chi connectivity index (χ2v) is 5.49. The van der Waals surface area contributed by atoms with E-state index < -0.39 is 0 Å². The molecule has 2 heterocycles. The lowest BCUT2D eigenvalue weighted by Gasteiger charge is -2.08. The molecule has 3 nitrogen and oxygen atoms in total. The van der Waals surface area contributed by atoms with E-state index in [1.165, 1.54) is 42.7 Å². The van der Waals surface area contributed by atoms with Gasteiger partial charge in [-0.3, -0.25) is 4.40 Å². The predicted molar refractivity (Wildman–Crippen MR) is 64.9 cm³/mol. The molecule has 0 aromatic carbocycles. The monoisotopic (exact) mass is 236 g/mol. The van der Waals surface area contributed by atoms with Gasteiger partial charge in [0.15, 0.2) is 4.96 Å². The Morgan fingerprint density at radius 3 is 2.88 bits per heavy atom. The van der Waals surface area contributed by atoms with E-state index in [0.717, 1.165) is 17.1 Å². The SMILES string of the molecule is OCc1cn2c3c(sc2n1)CCCCCC3. The number of aromatic nitrogens is 2. The maximum absolute atomic E-state index is 9.09. The van der Waals surface area contributed by atoms with Crippen LogP contribution in [-0.4, -0.2) is 14.5 Å². The zero-order valence-corrected chi connectivity index (χ0v) is 10.1. The molecule has 16 heavy (non-hydrogen) atoms. The number of hydrogen-bond acceptors (Lipinski definition) is 3. The minimum absolute atomic E-state index is 0.0448. The standard InChI is InChI=1S/C12H16N2OS/c15-8-9-7-14-10-5-3-1-2-4-6-11(10)16-12(14)13-9/h7,15H,1-6,8H2. The van der Waals surface area contributed by atoms with Crippen LogP contribution in [-0.2, 0) is 19.4 Å². The summed E-state index contributed by atoms with van der Waals surface area (Å²) >= 11 is 1.80. The minimum Gasteiger partial charge on any atom is -0.390 e. The molecule has 2 aromatic rings. The number of imidazole rings is 1. The lowest BCUT2D eigenvalue weighted by Crippen LogP contribution is -1.99. The van der Waals surface area contributed by atoms with E-state index in [2.05, 4.69) is 9.38 Å². The number of hydrogen-bond donors (Lipinski definition) is 1. The Kier molecular flexibility index (Phi) is 2.69. The Bertz CT molecular complexity index is 500. The Morgan fingerprint density at radius 1 is 1.25 bits per heavy atom. The third-order valence-corrected chi connectivity index (χ3v) is 4.44. The first-order valence-electron chi connectivity index (χ1n) is 5.98. The van der Waals surface area contributed by atoms with E-state index in [4.69, 9.17) is 5.11 Å². The summed E-state index contributed by atoms with van der Waals surface area (Å²) in [6.45, 7) is 0.0448. The summed E-state index contributed by atoms with van der Waals surface area (Å²) in [7, 11) is 0. The third kappa shape index (κ3) is 1.66. The molecule has 0 atom stereocenters. The van der Waals surface area contributed by atoms with Crippen molar-refractivity contribution in [3.63, 3.8) is 0 Å². The fourth-order valence-corrected chi connectivity index (χ4v) is 3.65. The zero-order chi connectivity index (χ0) is 11.0. The highest BCUT2D eigenvalue weighted by molar-refractivity contribution is 7.17. The van der Waals surface area contributed by atoms with E-state index in [9.17, 15) is 0 Å². The van der Waals surface area contributed by atoms with Gasteiger partial charge in [0.1, 0.15) is 0 Å². The Morgan fingerprint density at radius 2 is 2.06 bits per heavy atom. The van der Waals surface area contributed by atoms with Crippen molar-refractivity contribution in [3.05, 3.63) is 22.5 Å². The second-order valence-electron chi connectivity index (χ2n) is 4.43. The minimum atomic E-state index is 0.0448. The quantitative estimate of drug-likeness (QED) is 0.826. The van der Waals surface area contributed by atoms with Crippen molar-refractivity contribution in [1.82, 2.24) is 9.38 Å². The topological polar surface area (TPSA) is 37.5 Å². The van der Waals surface area contributed by atoms with Crippen molar-refractivity contribution >= 4 is 16.3 Å². The molecule has 0 bridgehead atoms. The predicted octanol–water partition coefficient (Wildman–Crippen LogP) is 2.55. The smallest absolute Gasteiger partial charge is 0.194 e. The molecule has 0 saturated heterocycles. The van der Waals surface area contributed by atoms with Crippen LogP contribution in [0, 0.1) is 0 Å². The van der Waals surface area contributed by atoms with E-state index in [-0.39, 0.29) is 6.61 Å². The van der Waals surface area contributed by atoms with Gasteiger partial charge in [-0.2, -0.15) is 0 Å². The van der Waals surface area contributed by atoms with Crippen molar-refractivity contribution in [2.45, 2.75) is 45.1 Å². The van der Waals surface area contributed by atoms with E-state index in [1.807, 2.05) is 6.20 Å². The largest absolute Gasteiger partial charge is 0.390 e. The van der Waals surface area contributed by atoms with Crippen LogP contribution in [0.1, 0.15) is 41.9 Å². The maximum atomic E-state index is 9.09. The lowest BCUT2D eigenvalue weighted by atomic mass is 10.0. The van der Waals surface area contributed by atoms with E-state index in [0.29, 0.717) is 0 Å². The van der Waals surface area contributed by atoms with Gasteiger partial charge in [0, 0.05) is 16.8 Å². The number of fused-ring (bicyclic) bond motifs is 3. The fourth-order valence-electron chi connectivity index (χ4n) is 2.44. The molecule has 0 saturated carbocycles. The molecule has 2 aromatic heterocycles. The number of thiazole rings is 1. The molecule has 1 aliphatic rings. The van der Waals surface area contributed by atoms with Gasteiger partial charge in [-0.1, -0.05) is 12.8 Å². The van der Waals surface area contributed by atoms with Crippen LogP contribution in [0.2, 0.25) is 0 Å². The average Bonchev–Trinajstić information content (AvgIpc) is 2.76. The van der Waals surface area contributed by atoms with Gasteiger partial charge in [0.2, 0.25) is 0 Å². The molecule has 0 unspecified atom stereocenters. The first-order valence-corrected chi connectivity index (χ1v) is 6.79. The number of aryl methyl sites for hydroxylation is 2. The van der Waals surface area contributed by atoms with Crippen LogP contribution in [0.5, 0.6) is 0 Å². The fraction of sp³-hybridized carbons (Fsp3) is 0.583. The van der Waals surface area contributed by atoms with Crippen molar-refractivity contribution in [2.24, 2.45) is 0 Å². The normalized spacial score (nSPS) is 17.1. The summed E-state index contributed by atoms with van der Waals surface area (Å²) in [5.74, 6) is 0. The van der Waals surface area contributed by atoms with Crippen LogP contribution in [0.15, 0.2) is 6.20 Å². The molecule has 3 rings (SSSR count). The van der Waals surface area contributed by atoms with Crippen LogP contribution < -0.4 is 0 Å². The van der Waals surface area contributed by atoms with Gasteiger partial charge in [0.25, 0.3) is 0 Å². The molecule has 0 aliphatic heterocycles. The molecule has 4 heteroatoms. The first-order chi connectivity index (χ1) is 7.88. The molecule has 86 valence electrons. The highest BCUT2D eigenvalue weighted by atomic mass is 32.1. The Labute approximate surface area is 98.8 Å². The highest BCUT2D eigenvalue weighted by Crippen LogP contribution is 2.28. The molecule has 1 N–H and O–H groups in total. The van der Waals surface area contributed by atoms with Gasteiger partial charge in [-0.15, -0.1) is 11.3 Å². The maximum Gasteiger partial charge on any atom is 0.194 e. The molecule has 0 radical (unpaired) electrons. The summed E-state index contributed by atoms with van der Waals surface area (Å²) in [5.41, 5.74) is 2.23. The van der Waals surface area contributed by atoms with Gasteiger partial charge >= 0.3 is 0 Å². The van der Waals surface area contributed by atoms with Gasteiger partial charge in [0.05, 0.1) is 12.3 Å². The van der Waals surface area contributed by atoms with Crippen LogP contribution >= 0.6 is 11.3 Å². The van der Waals surface area contributed by atoms with Crippen LogP contribution in [0.25, 0.3) is 4.96 Å². The van der Waals surface area contributed by atoms with E-state index >= 15 is 0 Å². The number of aliphatic hydroxyl groups is 1. The Balaban J connectivity index is 2.08. The van der Waals surface area contributed by atoms with E-state index in [1.54, 1.807) is 11.3 Å². The van der Waals surface area contributed by atoms with Crippen molar-refractivity contribution in [3.8, 4) is 0 Å². The number of aliphatic hydroxyl groups excluding tert-OH is 1. The summed E-state index contributed by atoms with van der Waals surface area (Å²) in [5, 5.41) is 9.09. The molecular weight excluding hydrogens is 220 g/mol. The number of rotatable bonds is 1. The molecule has 0 amide bonds. The summed E-state index contributed by atoms with van der Waals surface area (Å²) in [6.07, 6.45) is 9.66. The first kappa shape index (κ1) is 10.3. The third-order valence-electron chi connectivity index (χ3n) is 3.28. The van der Waals surface area contributed by atoms with Crippen molar-refractivity contribution in [2.75, 3.05) is 0 Å². The summed E-state index contributed by atoms with van der Waals surface area (Å²) < 4.78 is 2.19. The summed E-state index contributed by atoms with van der Waals surface area (Å²) in [6, 6.07) is 0.